The monoisotopic (exact) mass is 499 g/mol. The van der Waals surface area contributed by atoms with Gasteiger partial charge in [-0.25, -0.2) is 0 Å². The molecule has 2 saturated heterocycles. The van der Waals surface area contributed by atoms with Crippen LogP contribution in [0, 0.1) is 5.92 Å². The first-order valence-electron chi connectivity index (χ1n) is 12.3. The molecule has 1 aromatic carbocycles. The number of phenols is 1. The van der Waals surface area contributed by atoms with Crippen LogP contribution in [0.15, 0.2) is 18.2 Å². The van der Waals surface area contributed by atoms with E-state index in [1.807, 2.05) is 9.80 Å². The first kappa shape index (κ1) is 25.8. The highest BCUT2D eigenvalue weighted by molar-refractivity contribution is 5.93. The fraction of sp³-hybridized carbons (Fsp3) is 0.565. The van der Waals surface area contributed by atoms with E-state index in [-0.39, 0.29) is 47.7 Å². The van der Waals surface area contributed by atoms with Crippen LogP contribution in [-0.2, 0) is 4.79 Å². The van der Waals surface area contributed by atoms with E-state index in [2.05, 4.69) is 20.6 Å². The average molecular weight is 500 g/mol. The molecule has 4 rings (SSSR count). The highest BCUT2D eigenvalue weighted by Gasteiger charge is 2.28. The Morgan fingerprint density at radius 1 is 0.917 bits per heavy atom. The Hall–Kier alpha value is -3.26. The molecule has 1 amide bonds. The fourth-order valence-electron chi connectivity index (χ4n) is 4.50. The largest absolute Gasteiger partial charge is 0.506 e. The molecule has 36 heavy (non-hydrogen) atoms. The van der Waals surface area contributed by atoms with Crippen molar-refractivity contribution in [1.29, 1.82) is 0 Å². The van der Waals surface area contributed by atoms with Crippen LogP contribution in [0.2, 0.25) is 0 Å². The first-order chi connectivity index (χ1) is 17.1. The van der Waals surface area contributed by atoms with Gasteiger partial charge in [-0.05, 0) is 25.0 Å². The molecule has 13 heteroatoms. The molecular formula is C23H37N11O2. The zero-order valence-electron chi connectivity index (χ0n) is 20.8. The number of rotatable bonds is 6. The Morgan fingerprint density at radius 2 is 1.42 bits per heavy atom. The molecule has 0 bridgehead atoms. The van der Waals surface area contributed by atoms with Crippen LogP contribution in [0.25, 0.3) is 0 Å². The van der Waals surface area contributed by atoms with Gasteiger partial charge >= 0.3 is 0 Å². The van der Waals surface area contributed by atoms with Crippen molar-refractivity contribution in [2.75, 3.05) is 46.6 Å². The number of piperidine rings is 2. The van der Waals surface area contributed by atoms with E-state index >= 15 is 0 Å². The van der Waals surface area contributed by atoms with Gasteiger partial charge in [0.05, 0.1) is 5.69 Å². The van der Waals surface area contributed by atoms with Crippen LogP contribution in [0.3, 0.4) is 0 Å². The number of carbonyl (C=O) groups is 1. The van der Waals surface area contributed by atoms with Gasteiger partial charge in [-0.2, -0.15) is 15.0 Å². The van der Waals surface area contributed by atoms with E-state index in [0.29, 0.717) is 49.5 Å². The summed E-state index contributed by atoms with van der Waals surface area (Å²) >= 11 is 0. The van der Waals surface area contributed by atoms with Crippen molar-refractivity contribution in [3.05, 3.63) is 18.2 Å². The molecule has 0 aliphatic carbocycles. The lowest BCUT2D eigenvalue weighted by atomic mass is 10.0. The number of carbonyl (C=O) groups excluding carboxylic acids is 1. The summed E-state index contributed by atoms with van der Waals surface area (Å²) in [6, 6.07) is 4.48. The number of aromatic nitrogens is 3. The summed E-state index contributed by atoms with van der Waals surface area (Å²) in [5.74, 6) is 0.708. The molecule has 2 aromatic rings. The molecule has 0 spiro atoms. The summed E-state index contributed by atoms with van der Waals surface area (Å²) in [7, 11) is 0. The predicted octanol–water partition coefficient (Wildman–Crippen LogP) is -0.355. The van der Waals surface area contributed by atoms with Crippen LogP contribution in [-0.4, -0.2) is 76.3 Å². The Balaban J connectivity index is 1.63. The van der Waals surface area contributed by atoms with Gasteiger partial charge in [-0.1, -0.05) is 13.8 Å². The molecule has 13 nitrogen and oxygen atoms in total. The number of benzene rings is 1. The number of nitrogens with two attached hydrogens (primary N) is 4. The van der Waals surface area contributed by atoms with Crippen molar-refractivity contribution in [2.24, 2.45) is 28.9 Å². The second kappa shape index (κ2) is 10.8. The summed E-state index contributed by atoms with van der Waals surface area (Å²) < 4.78 is 0. The van der Waals surface area contributed by atoms with E-state index in [0.717, 1.165) is 12.8 Å². The van der Waals surface area contributed by atoms with Crippen LogP contribution in [0.5, 0.6) is 5.75 Å². The van der Waals surface area contributed by atoms with Gasteiger partial charge in [-0.3, -0.25) is 4.79 Å². The lowest BCUT2D eigenvalue weighted by Gasteiger charge is -2.37. The number of nitrogens with zero attached hydrogens (tertiary/aromatic N) is 5. The topological polar surface area (TPSA) is 211 Å². The highest BCUT2D eigenvalue weighted by Crippen LogP contribution is 2.29. The van der Waals surface area contributed by atoms with E-state index in [9.17, 15) is 9.90 Å². The summed E-state index contributed by atoms with van der Waals surface area (Å²) in [4.78, 5) is 29.9. The van der Waals surface area contributed by atoms with Crippen LogP contribution >= 0.6 is 0 Å². The van der Waals surface area contributed by atoms with Gasteiger partial charge < -0.3 is 48.5 Å². The molecule has 2 aliphatic rings. The molecule has 4 atom stereocenters. The summed E-state index contributed by atoms with van der Waals surface area (Å²) in [6.07, 6.45) is 1.46. The van der Waals surface area contributed by atoms with E-state index in [4.69, 9.17) is 27.9 Å². The van der Waals surface area contributed by atoms with Crippen molar-refractivity contribution in [1.82, 2.24) is 15.0 Å². The van der Waals surface area contributed by atoms with Gasteiger partial charge in [0, 0.05) is 68.0 Å². The minimum Gasteiger partial charge on any atom is -0.506 e. The third-order valence-electron chi connectivity index (χ3n) is 6.24. The zero-order valence-corrected chi connectivity index (χ0v) is 20.8. The van der Waals surface area contributed by atoms with Crippen LogP contribution < -0.4 is 43.4 Å². The quantitative estimate of drug-likeness (QED) is 0.254. The third kappa shape index (κ3) is 6.29. The Bertz CT molecular complexity index is 1020. The Kier molecular flexibility index (Phi) is 7.73. The number of aromatic hydroxyl groups is 1. The number of anilines is 5. The molecule has 2 aliphatic heterocycles. The molecule has 3 heterocycles. The Labute approximate surface area is 210 Å². The molecule has 4 unspecified atom stereocenters. The van der Waals surface area contributed by atoms with Crippen LogP contribution in [0.1, 0.15) is 26.7 Å². The number of hydrogen-bond acceptors (Lipinski definition) is 12. The van der Waals surface area contributed by atoms with Gasteiger partial charge in [0.1, 0.15) is 5.75 Å². The number of amides is 1. The summed E-state index contributed by atoms with van der Waals surface area (Å²) in [5.41, 5.74) is 25.7. The maximum Gasteiger partial charge on any atom is 0.233 e. The standard InChI is InChI=1S/C23H37N11O2/c1-12(2)20(36)29-18-4-3-17(7-19(18)35)28-21-30-22(33-8-13(24)5-14(25)9-33)32-23(31-21)34-10-15(26)6-16(27)11-34/h3-4,7,12-16,35H,5-6,8-11,24-27H2,1-2H3,(H,29,36)(H,28,30,31,32). The maximum atomic E-state index is 12.0. The first-order valence-corrected chi connectivity index (χ1v) is 12.3. The molecule has 2 fully saturated rings. The second-order valence-corrected chi connectivity index (χ2v) is 10.1. The molecule has 11 N–H and O–H groups in total. The van der Waals surface area contributed by atoms with Crippen molar-refractivity contribution in [3.63, 3.8) is 0 Å². The lowest BCUT2D eigenvalue weighted by Crippen LogP contribution is -2.54. The molecule has 0 radical (unpaired) electrons. The Morgan fingerprint density at radius 3 is 1.86 bits per heavy atom. The van der Waals surface area contributed by atoms with Gasteiger partial charge in [-0.15, -0.1) is 0 Å². The third-order valence-corrected chi connectivity index (χ3v) is 6.24. The normalized spacial score (nSPS) is 24.6. The fourth-order valence-corrected chi connectivity index (χ4v) is 4.50. The van der Waals surface area contributed by atoms with Gasteiger partial charge in [0.25, 0.3) is 0 Å². The minimum atomic E-state index is -0.212. The number of nitrogens with one attached hydrogen (secondary N) is 2. The second-order valence-electron chi connectivity index (χ2n) is 10.1. The van der Waals surface area contributed by atoms with Crippen molar-refractivity contribution in [3.8, 4) is 5.75 Å². The van der Waals surface area contributed by atoms with Gasteiger partial charge in [0.2, 0.25) is 23.8 Å². The number of phenolic OH excluding ortho intramolecular Hbond substituents is 1. The van der Waals surface area contributed by atoms with Crippen LogP contribution in [0.4, 0.5) is 29.2 Å². The molecule has 1 aromatic heterocycles. The minimum absolute atomic E-state index is 0.0792. The average Bonchev–Trinajstić information content (AvgIpc) is 2.79. The molecule has 0 saturated carbocycles. The SMILES string of the molecule is CC(C)C(=O)Nc1ccc(Nc2nc(N3CC(N)CC(N)C3)nc(N3CC(N)CC(N)C3)n2)cc1O. The smallest absolute Gasteiger partial charge is 0.233 e. The van der Waals surface area contributed by atoms with Gasteiger partial charge in [0.15, 0.2) is 0 Å². The zero-order chi connectivity index (χ0) is 26.0. The number of hydrogen-bond donors (Lipinski definition) is 7. The van der Waals surface area contributed by atoms with E-state index in [1.54, 1.807) is 26.0 Å². The maximum absolute atomic E-state index is 12.0. The van der Waals surface area contributed by atoms with Crippen molar-refractivity contribution < 1.29 is 9.90 Å². The van der Waals surface area contributed by atoms with Crippen molar-refractivity contribution >= 4 is 35.1 Å². The predicted molar refractivity (Wildman–Crippen MR) is 140 cm³/mol. The van der Waals surface area contributed by atoms with E-state index < -0.39 is 0 Å². The highest BCUT2D eigenvalue weighted by atomic mass is 16.3. The van der Waals surface area contributed by atoms with Crippen molar-refractivity contribution in [2.45, 2.75) is 50.9 Å². The van der Waals surface area contributed by atoms with E-state index in [1.165, 1.54) is 6.07 Å². The molecular weight excluding hydrogens is 462 g/mol. The lowest BCUT2D eigenvalue weighted by molar-refractivity contribution is -0.118. The summed E-state index contributed by atoms with van der Waals surface area (Å²) in [5, 5.41) is 16.3. The molecule has 196 valence electrons. The summed E-state index contributed by atoms with van der Waals surface area (Å²) in [6.45, 7) is 5.84.